The molecule has 2 heterocycles. The third kappa shape index (κ3) is 1.89. The molecule has 3 rings (SSSR count). The summed E-state index contributed by atoms with van der Waals surface area (Å²) in [5.41, 5.74) is 2.52. The number of hydrogen-bond donors (Lipinski definition) is 1. The average molecular weight is 276 g/mol. The molecule has 0 aromatic heterocycles. The summed E-state index contributed by atoms with van der Waals surface area (Å²) in [4.78, 5) is 15.5. The topological polar surface area (TPSA) is 53.0 Å². The van der Waals surface area contributed by atoms with Crippen LogP contribution in [0, 0.1) is 0 Å². The van der Waals surface area contributed by atoms with Crippen LogP contribution >= 0.6 is 0 Å². The molecule has 1 N–H and O–H groups in total. The smallest absolute Gasteiger partial charge is 0.260 e. The van der Waals surface area contributed by atoms with E-state index >= 15 is 0 Å². The van der Waals surface area contributed by atoms with Gasteiger partial charge in [0.2, 0.25) is 0 Å². The van der Waals surface area contributed by atoms with Gasteiger partial charge in [0, 0.05) is 32.0 Å². The Morgan fingerprint density at radius 3 is 2.85 bits per heavy atom. The van der Waals surface area contributed by atoms with Crippen LogP contribution < -0.4 is 9.80 Å². The minimum absolute atomic E-state index is 0.207. The number of aliphatic hydroxyl groups excluding tert-OH is 1. The SMILES string of the molecule is CC1OCCC1N(C)c1ccc2c(c1)N(C)C(=O)C2O. The Balaban J connectivity index is 1.92. The first-order chi connectivity index (χ1) is 9.50. The molecule has 5 nitrogen and oxygen atoms in total. The van der Waals surface area contributed by atoms with Crippen molar-refractivity contribution < 1.29 is 14.6 Å². The summed E-state index contributed by atoms with van der Waals surface area (Å²) in [6.45, 7) is 2.87. The van der Waals surface area contributed by atoms with Crippen LogP contribution in [-0.4, -0.2) is 43.9 Å². The number of ether oxygens (including phenoxy) is 1. The van der Waals surface area contributed by atoms with Crippen molar-refractivity contribution in [3.8, 4) is 0 Å². The molecule has 3 unspecified atom stereocenters. The second-order valence-electron chi connectivity index (χ2n) is 5.59. The van der Waals surface area contributed by atoms with E-state index in [1.54, 1.807) is 7.05 Å². The number of amides is 1. The normalized spacial score (nSPS) is 28.9. The lowest BCUT2D eigenvalue weighted by atomic mass is 10.1. The van der Waals surface area contributed by atoms with E-state index in [0.29, 0.717) is 11.6 Å². The monoisotopic (exact) mass is 276 g/mol. The molecule has 0 bridgehead atoms. The zero-order valence-corrected chi connectivity index (χ0v) is 12.0. The number of benzene rings is 1. The Kier molecular flexibility index (Phi) is 3.18. The molecule has 0 radical (unpaired) electrons. The van der Waals surface area contributed by atoms with Gasteiger partial charge in [0.05, 0.1) is 17.8 Å². The Morgan fingerprint density at radius 2 is 2.20 bits per heavy atom. The molecule has 5 heteroatoms. The van der Waals surface area contributed by atoms with Crippen molar-refractivity contribution in [2.75, 3.05) is 30.5 Å². The van der Waals surface area contributed by atoms with Crippen LogP contribution in [0.2, 0.25) is 0 Å². The second kappa shape index (κ2) is 4.75. The van der Waals surface area contributed by atoms with Gasteiger partial charge in [0.15, 0.2) is 6.10 Å². The molecule has 1 amide bonds. The summed E-state index contributed by atoms with van der Waals surface area (Å²) in [5, 5.41) is 9.88. The maximum Gasteiger partial charge on any atom is 0.260 e. The molecule has 108 valence electrons. The lowest BCUT2D eigenvalue weighted by molar-refractivity contribution is -0.125. The zero-order chi connectivity index (χ0) is 14.4. The number of nitrogens with zero attached hydrogens (tertiary/aromatic N) is 2. The van der Waals surface area contributed by atoms with Crippen molar-refractivity contribution in [1.82, 2.24) is 0 Å². The summed E-state index contributed by atoms with van der Waals surface area (Å²) < 4.78 is 5.61. The number of rotatable bonds is 2. The van der Waals surface area contributed by atoms with E-state index in [0.717, 1.165) is 24.4 Å². The van der Waals surface area contributed by atoms with E-state index in [2.05, 4.69) is 11.8 Å². The van der Waals surface area contributed by atoms with Gasteiger partial charge >= 0.3 is 0 Å². The van der Waals surface area contributed by atoms with Crippen LogP contribution in [0.4, 0.5) is 11.4 Å². The summed E-state index contributed by atoms with van der Waals surface area (Å²) >= 11 is 0. The van der Waals surface area contributed by atoms with Gasteiger partial charge in [0.1, 0.15) is 0 Å². The maximum absolute atomic E-state index is 11.8. The number of likely N-dealkylation sites (N-methyl/N-ethyl adjacent to an activating group) is 2. The molecule has 0 spiro atoms. The number of carbonyl (C=O) groups is 1. The van der Waals surface area contributed by atoms with E-state index in [9.17, 15) is 9.90 Å². The molecule has 0 saturated carbocycles. The number of aliphatic hydroxyl groups is 1. The molecule has 2 aliphatic heterocycles. The minimum atomic E-state index is -1.02. The second-order valence-corrected chi connectivity index (χ2v) is 5.59. The maximum atomic E-state index is 11.8. The summed E-state index contributed by atoms with van der Waals surface area (Å²) in [7, 11) is 3.74. The van der Waals surface area contributed by atoms with Crippen LogP contribution in [-0.2, 0) is 9.53 Å². The van der Waals surface area contributed by atoms with E-state index in [-0.39, 0.29) is 12.0 Å². The Bertz CT molecular complexity index is 546. The van der Waals surface area contributed by atoms with Crippen LogP contribution in [0.15, 0.2) is 18.2 Å². The summed E-state index contributed by atoms with van der Waals surface area (Å²) in [6.07, 6.45) is 0.188. The lowest BCUT2D eigenvalue weighted by Crippen LogP contribution is -2.36. The Hall–Kier alpha value is -1.59. The average Bonchev–Trinajstić information content (AvgIpc) is 2.97. The van der Waals surface area contributed by atoms with Gasteiger partial charge in [-0.3, -0.25) is 4.79 Å². The minimum Gasteiger partial charge on any atom is -0.378 e. The zero-order valence-electron chi connectivity index (χ0n) is 12.0. The molecule has 1 saturated heterocycles. The first-order valence-electron chi connectivity index (χ1n) is 6.94. The fourth-order valence-corrected chi connectivity index (χ4v) is 3.13. The lowest BCUT2D eigenvalue weighted by Gasteiger charge is -2.29. The fraction of sp³-hybridized carbons (Fsp3) is 0.533. The molecule has 1 fully saturated rings. The van der Waals surface area contributed by atoms with E-state index < -0.39 is 6.10 Å². The number of hydrogen-bond acceptors (Lipinski definition) is 4. The fourth-order valence-electron chi connectivity index (χ4n) is 3.13. The van der Waals surface area contributed by atoms with Crippen LogP contribution in [0.25, 0.3) is 0 Å². The molecular weight excluding hydrogens is 256 g/mol. The van der Waals surface area contributed by atoms with Crippen LogP contribution in [0.3, 0.4) is 0 Å². The molecule has 20 heavy (non-hydrogen) atoms. The predicted octanol–water partition coefficient (Wildman–Crippen LogP) is 1.31. The highest BCUT2D eigenvalue weighted by molar-refractivity contribution is 6.03. The van der Waals surface area contributed by atoms with Crippen LogP contribution in [0.5, 0.6) is 0 Å². The molecular formula is C15H20N2O3. The molecule has 0 aliphatic carbocycles. The van der Waals surface area contributed by atoms with E-state index in [4.69, 9.17) is 4.74 Å². The molecule has 1 aromatic rings. The Labute approximate surface area is 118 Å². The van der Waals surface area contributed by atoms with Gasteiger partial charge in [-0.2, -0.15) is 0 Å². The van der Waals surface area contributed by atoms with Gasteiger partial charge in [0.25, 0.3) is 5.91 Å². The van der Waals surface area contributed by atoms with Gasteiger partial charge in [-0.05, 0) is 25.5 Å². The highest BCUT2D eigenvalue weighted by atomic mass is 16.5. The largest absolute Gasteiger partial charge is 0.378 e. The highest BCUT2D eigenvalue weighted by Crippen LogP contribution is 2.38. The van der Waals surface area contributed by atoms with Crippen molar-refractivity contribution in [2.24, 2.45) is 0 Å². The third-order valence-electron chi connectivity index (χ3n) is 4.48. The highest BCUT2D eigenvalue weighted by Gasteiger charge is 2.35. The summed E-state index contributed by atoms with van der Waals surface area (Å²) in [5.74, 6) is -0.266. The molecule has 3 atom stereocenters. The predicted molar refractivity (Wildman–Crippen MR) is 77.0 cm³/mol. The number of fused-ring (bicyclic) bond motifs is 1. The van der Waals surface area contributed by atoms with Gasteiger partial charge in [-0.25, -0.2) is 0 Å². The standard InChI is InChI=1S/C15H20N2O3/c1-9-12(6-7-20-9)16(2)10-4-5-11-13(8-10)17(3)15(19)14(11)18/h4-5,8-9,12,14,18H,6-7H2,1-3H3. The summed E-state index contributed by atoms with van der Waals surface area (Å²) in [6, 6.07) is 6.11. The van der Waals surface area contributed by atoms with Gasteiger partial charge < -0.3 is 19.6 Å². The van der Waals surface area contributed by atoms with Gasteiger partial charge in [-0.1, -0.05) is 6.07 Å². The number of carbonyl (C=O) groups excluding carboxylic acids is 1. The first-order valence-corrected chi connectivity index (χ1v) is 6.94. The van der Waals surface area contributed by atoms with E-state index in [1.807, 2.05) is 25.2 Å². The van der Waals surface area contributed by atoms with Crippen molar-refractivity contribution in [3.05, 3.63) is 23.8 Å². The quantitative estimate of drug-likeness (QED) is 0.885. The van der Waals surface area contributed by atoms with Crippen LogP contribution in [0.1, 0.15) is 25.0 Å². The third-order valence-corrected chi connectivity index (χ3v) is 4.48. The van der Waals surface area contributed by atoms with E-state index in [1.165, 1.54) is 4.90 Å². The van der Waals surface area contributed by atoms with Crippen molar-refractivity contribution >= 4 is 17.3 Å². The molecule has 1 aromatic carbocycles. The number of anilines is 2. The molecule has 2 aliphatic rings. The van der Waals surface area contributed by atoms with Gasteiger partial charge in [-0.15, -0.1) is 0 Å². The Morgan fingerprint density at radius 1 is 1.45 bits per heavy atom. The van der Waals surface area contributed by atoms with Crippen molar-refractivity contribution in [1.29, 1.82) is 0 Å². The van der Waals surface area contributed by atoms with Crippen molar-refractivity contribution in [2.45, 2.75) is 31.6 Å². The first kappa shape index (κ1) is 13.4. The van der Waals surface area contributed by atoms with Crippen molar-refractivity contribution in [3.63, 3.8) is 0 Å².